The van der Waals surface area contributed by atoms with Crippen LogP contribution < -0.4 is 4.90 Å². The van der Waals surface area contributed by atoms with Gasteiger partial charge in [-0.1, -0.05) is 62.4 Å². The minimum absolute atomic E-state index is 0.0940. The molecule has 1 saturated heterocycles. The van der Waals surface area contributed by atoms with Crippen molar-refractivity contribution in [2.45, 2.75) is 70.7 Å². The minimum Gasteiger partial charge on any atom is -0.358 e. The van der Waals surface area contributed by atoms with E-state index in [1.54, 1.807) is 0 Å². The number of carbonyl (C=O) groups is 1. The Bertz CT molecular complexity index is 787. The van der Waals surface area contributed by atoms with Crippen LogP contribution in [0.25, 0.3) is 0 Å². The highest BCUT2D eigenvalue weighted by atomic mass is 16.7. The molecule has 1 heterocycles. The lowest BCUT2D eigenvalue weighted by Crippen LogP contribution is -2.75. The van der Waals surface area contributed by atoms with Crippen molar-refractivity contribution in [3.05, 3.63) is 66.2 Å². The van der Waals surface area contributed by atoms with E-state index in [9.17, 15) is 4.79 Å². The van der Waals surface area contributed by atoms with E-state index >= 15 is 0 Å². The first-order valence-electron chi connectivity index (χ1n) is 10.7. The smallest absolute Gasteiger partial charge is 0.144 e. The van der Waals surface area contributed by atoms with Crippen molar-refractivity contribution >= 4 is 12.0 Å². The Labute approximate surface area is 175 Å². The molecule has 156 valence electrons. The van der Waals surface area contributed by atoms with Gasteiger partial charge >= 0.3 is 0 Å². The van der Waals surface area contributed by atoms with E-state index in [0.29, 0.717) is 6.54 Å². The molecule has 0 amide bonds. The zero-order valence-corrected chi connectivity index (χ0v) is 18.3. The first-order chi connectivity index (χ1) is 13.9. The normalized spacial score (nSPS) is 22.2. The molecule has 4 nitrogen and oxygen atoms in total. The number of hydroxylamine groups is 2. The summed E-state index contributed by atoms with van der Waals surface area (Å²) in [5, 5.41) is 2.15. The van der Waals surface area contributed by atoms with Crippen molar-refractivity contribution in [2.75, 3.05) is 11.4 Å². The predicted molar refractivity (Wildman–Crippen MR) is 119 cm³/mol. The molecule has 29 heavy (non-hydrogen) atoms. The van der Waals surface area contributed by atoms with E-state index in [0.717, 1.165) is 30.4 Å². The van der Waals surface area contributed by atoms with Gasteiger partial charge in [-0.15, -0.1) is 0 Å². The topological polar surface area (TPSA) is 32.8 Å². The second-order valence-corrected chi connectivity index (χ2v) is 8.62. The van der Waals surface area contributed by atoms with Gasteiger partial charge in [-0.3, -0.25) is 4.84 Å². The van der Waals surface area contributed by atoms with Crippen LogP contribution in [-0.2, 0) is 9.63 Å². The van der Waals surface area contributed by atoms with Crippen molar-refractivity contribution in [1.82, 2.24) is 5.06 Å². The maximum absolute atomic E-state index is 12.5. The van der Waals surface area contributed by atoms with Crippen LogP contribution in [0.5, 0.6) is 0 Å². The number of rotatable bonds is 7. The molecule has 2 atom stereocenters. The summed E-state index contributed by atoms with van der Waals surface area (Å²) in [6.07, 6.45) is 2.66. The molecular weight excluding hydrogens is 360 g/mol. The fourth-order valence-electron chi connectivity index (χ4n) is 4.81. The zero-order valence-electron chi connectivity index (χ0n) is 18.3. The average Bonchev–Trinajstić information content (AvgIpc) is 2.75. The van der Waals surface area contributed by atoms with Gasteiger partial charge < -0.3 is 9.69 Å². The number of aldehydes is 1. The Hall–Kier alpha value is -2.17. The lowest BCUT2D eigenvalue weighted by molar-refractivity contribution is -0.309. The van der Waals surface area contributed by atoms with Crippen LogP contribution in [0.4, 0.5) is 5.69 Å². The number of benzene rings is 2. The van der Waals surface area contributed by atoms with Gasteiger partial charge in [0.05, 0.1) is 11.1 Å². The summed E-state index contributed by atoms with van der Waals surface area (Å²) >= 11 is 0. The second-order valence-electron chi connectivity index (χ2n) is 8.62. The Morgan fingerprint density at radius 2 is 1.59 bits per heavy atom. The van der Waals surface area contributed by atoms with Crippen LogP contribution in [-0.4, -0.2) is 35.0 Å². The lowest BCUT2D eigenvalue weighted by atomic mass is 9.77. The van der Waals surface area contributed by atoms with E-state index in [-0.39, 0.29) is 17.7 Å². The monoisotopic (exact) mass is 394 g/mol. The average molecular weight is 395 g/mol. The summed E-state index contributed by atoms with van der Waals surface area (Å²) in [7, 11) is 0. The Morgan fingerprint density at radius 1 is 1.03 bits per heavy atom. The second kappa shape index (κ2) is 8.68. The Kier molecular flexibility index (Phi) is 6.45. The quantitative estimate of drug-likeness (QED) is 0.588. The summed E-state index contributed by atoms with van der Waals surface area (Å²) in [6.45, 7) is 11.5. The Balaban J connectivity index is 2.02. The third kappa shape index (κ3) is 3.96. The SMILES string of the molecule is CCC1(CC)C(C=O)N(c2ccccc2)CC(C)(C)N1OC(C)c1ccccc1. The molecule has 2 aromatic carbocycles. The van der Waals surface area contributed by atoms with Gasteiger partial charge in [0.1, 0.15) is 18.4 Å². The van der Waals surface area contributed by atoms with Crippen LogP contribution in [0.2, 0.25) is 0 Å². The number of piperazine rings is 1. The summed E-state index contributed by atoms with van der Waals surface area (Å²) in [5.41, 5.74) is 1.53. The minimum atomic E-state index is -0.414. The van der Waals surface area contributed by atoms with Crippen molar-refractivity contribution in [2.24, 2.45) is 0 Å². The van der Waals surface area contributed by atoms with Crippen molar-refractivity contribution in [1.29, 1.82) is 0 Å². The van der Waals surface area contributed by atoms with Crippen molar-refractivity contribution in [3.63, 3.8) is 0 Å². The highest BCUT2D eigenvalue weighted by Gasteiger charge is 2.55. The highest BCUT2D eigenvalue weighted by Crippen LogP contribution is 2.44. The number of anilines is 1. The molecule has 0 bridgehead atoms. The first-order valence-corrected chi connectivity index (χ1v) is 10.7. The molecule has 0 aromatic heterocycles. The number of carbonyl (C=O) groups excluding carboxylic acids is 1. The molecule has 1 aliphatic rings. The standard InChI is InChI=1S/C25H34N2O2/c1-6-25(7-2)23(18-28)26(22-16-12-9-13-17-22)19-24(4,5)27(25)29-20(3)21-14-10-8-11-15-21/h8-18,20,23H,6-7,19H2,1-5H3. The molecule has 1 aliphatic heterocycles. The first kappa shape index (κ1) is 21.5. The summed E-state index contributed by atoms with van der Waals surface area (Å²) < 4.78 is 0. The molecule has 2 aromatic rings. The molecule has 3 rings (SSSR count). The van der Waals surface area contributed by atoms with Gasteiger partial charge in [-0.25, -0.2) is 0 Å². The van der Waals surface area contributed by atoms with E-state index in [1.807, 2.05) is 36.4 Å². The summed E-state index contributed by atoms with van der Waals surface area (Å²) in [6, 6.07) is 20.2. The molecule has 0 spiro atoms. The fraction of sp³-hybridized carbons (Fsp3) is 0.480. The molecule has 0 aliphatic carbocycles. The third-order valence-corrected chi connectivity index (χ3v) is 6.37. The molecule has 2 unspecified atom stereocenters. The van der Waals surface area contributed by atoms with Gasteiger partial charge in [0.15, 0.2) is 0 Å². The van der Waals surface area contributed by atoms with Gasteiger partial charge in [-0.05, 0) is 51.3 Å². The Morgan fingerprint density at radius 3 is 2.10 bits per heavy atom. The lowest BCUT2D eigenvalue weighted by Gasteiger charge is -2.61. The van der Waals surface area contributed by atoms with Gasteiger partial charge in [-0.2, -0.15) is 5.06 Å². The highest BCUT2D eigenvalue weighted by molar-refractivity contribution is 5.70. The fourth-order valence-corrected chi connectivity index (χ4v) is 4.81. The van der Waals surface area contributed by atoms with E-state index in [1.165, 1.54) is 0 Å². The molecule has 4 heteroatoms. The van der Waals surface area contributed by atoms with Crippen LogP contribution in [0.15, 0.2) is 60.7 Å². The molecule has 0 radical (unpaired) electrons. The van der Waals surface area contributed by atoms with Crippen LogP contribution in [0.3, 0.4) is 0 Å². The number of hydrogen-bond acceptors (Lipinski definition) is 4. The molecule has 1 fully saturated rings. The maximum Gasteiger partial charge on any atom is 0.144 e. The van der Waals surface area contributed by atoms with Crippen molar-refractivity contribution < 1.29 is 9.63 Å². The maximum atomic E-state index is 12.5. The molecule has 0 N–H and O–H groups in total. The molecule has 0 saturated carbocycles. The van der Waals surface area contributed by atoms with Gasteiger partial charge in [0.2, 0.25) is 0 Å². The van der Waals surface area contributed by atoms with Crippen LogP contribution in [0.1, 0.15) is 59.1 Å². The number of para-hydroxylation sites is 1. The van der Waals surface area contributed by atoms with E-state index in [2.05, 4.69) is 68.8 Å². The van der Waals surface area contributed by atoms with Crippen LogP contribution >= 0.6 is 0 Å². The number of nitrogens with zero attached hydrogens (tertiary/aromatic N) is 2. The summed E-state index contributed by atoms with van der Waals surface area (Å²) in [4.78, 5) is 21.4. The van der Waals surface area contributed by atoms with Gasteiger partial charge in [0, 0.05) is 12.2 Å². The predicted octanol–water partition coefficient (Wildman–Crippen LogP) is 5.41. The van der Waals surface area contributed by atoms with Crippen molar-refractivity contribution in [3.8, 4) is 0 Å². The van der Waals surface area contributed by atoms with Gasteiger partial charge in [0.25, 0.3) is 0 Å². The third-order valence-electron chi connectivity index (χ3n) is 6.37. The largest absolute Gasteiger partial charge is 0.358 e. The molecular formula is C25H34N2O2. The zero-order chi connectivity index (χ0) is 21.1. The van der Waals surface area contributed by atoms with Crippen LogP contribution in [0, 0.1) is 0 Å². The number of hydrogen-bond donors (Lipinski definition) is 0. The van der Waals surface area contributed by atoms with E-state index < -0.39 is 5.54 Å². The summed E-state index contributed by atoms with van der Waals surface area (Å²) in [5.74, 6) is 0. The van der Waals surface area contributed by atoms with E-state index in [4.69, 9.17) is 4.84 Å².